The minimum Gasteiger partial charge on any atom is -0.423 e. The van der Waals surface area contributed by atoms with Crippen molar-refractivity contribution in [2.75, 3.05) is 0 Å². The number of esters is 1. The van der Waals surface area contributed by atoms with Crippen molar-refractivity contribution in [2.45, 2.75) is 33.6 Å². The van der Waals surface area contributed by atoms with Gasteiger partial charge >= 0.3 is 5.97 Å². The zero-order valence-corrected chi connectivity index (χ0v) is 13.5. The van der Waals surface area contributed by atoms with Crippen molar-refractivity contribution in [1.82, 2.24) is 0 Å². The highest BCUT2D eigenvalue weighted by Gasteiger charge is 2.11. The maximum atomic E-state index is 12.1. The van der Waals surface area contributed by atoms with Gasteiger partial charge in [-0.25, -0.2) is 4.79 Å². The summed E-state index contributed by atoms with van der Waals surface area (Å²) in [4.78, 5) is 12.1. The molecule has 2 aromatic rings. The van der Waals surface area contributed by atoms with E-state index in [0.29, 0.717) is 22.3 Å². The van der Waals surface area contributed by atoms with Gasteiger partial charge in [0.1, 0.15) is 5.75 Å². The van der Waals surface area contributed by atoms with Gasteiger partial charge in [-0.3, -0.25) is 0 Å². The smallest absolute Gasteiger partial charge is 0.343 e. The van der Waals surface area contributed by atoms with Gasteiger partial charge < -0.3 is 4.74 Å². The van der Waals surface area contributed by atoms with Gasteiger partial charge in [-0.05, 0) is 60.7 Å². The number of hydrogen-bond acceptors (Lipinski definition) is 2. The molecule has 0 N–H and O–H groups in total. The molecular weight excluding hydrogens is 284 g/mol. The van der Waals surface area contributed by atoms with Gasteiger partial charge in [0, 0.05) is 5.02 Å². The third-order valence-electron chi connectivity index (χ3n) is 3.43. The number of benzene rings is 2. The van der Waals surface area contributed by atoms with Crippen LogP contribution >= 0.6 is 11.6 Å². The zero-order chi connectivity index (χ0) is 15.6. The lowest BCUT2D eigenvalue weighted by Gasteiger charge is -2.09. The van der Waals surface area contributed by atoms with Crippen LogP contribution in [0.2, 0.25) is 5.02 Å². The van der Waals surface area contributed by atoms with Gasteiger partial charge in [0.25, 0.3) is 0 Å². The number of hydrogen-bond donors (Lipinski definition) is 0. The maximum absolute atomic E-state index is 12.1. The average molecular weight is 303 g/mol. The Kier molecular flexibility index (Phi) is 4.69. The fourth-order valence-corrected chi connectivity index (χ4v) is 2.24. The first-order chi connectivity index (χ1) is 9.88. The van der Waals surface area contributed by atoms with E-state index in [9.17, 15) is 4.79 Å². The van der Waals surface area contributed by atoms with Crippen molar-refractivity contribution in [3.8, 4) is 5.75 Å². The van der Waals surface area contributed by atoms with Crippen molar-refractivity contribution in [3.05, 3.63) is 63.7 Å². The summed E-state index contributed by atoms with van der Waals surface area (Å²) in [5.41, 5.74) is 3.54. The SMILES string of the molecule is Cc1cc(OC(=O)c2ccc(C(C)C)cc2)cc(C)c1Cl. The molecule has 0 unspecified atom stereocenters. The molecule has 0 amide bonds. The molecule has 0 spiro atoms. The first-order valence-corrected chi connectivity index (χ1v) is 7.35. The third-order valence-corrected chi connectivity index (χ3v) is 4.03. The molecule has 0 radical (unpaired) electrons. The Hall–Kier alpha value is -1.80. The molecule has 2 rings (SSSR count). The van der Waals surface area contributed by atoms with Crippen LogP contribution in [0.15, 0.2) is 36.4 Å². The first-order valence-electron chi connectivity index (χ1n) is 6.97. The maximum Gasteiger partial charge on any atom is 0.343 e. The lowest BCUT2D eigenvalue weighted by molar-refractivity contribution is 0.0734. The monoisotopic (exact) mass is 302 g/mol. The van der Waals surface area contributed by atoms with Crippen LogP contribution in [0.5, 0.6) is 5.75 Å². The Morgan fingerprint density at radius 2 is 1.57 bits per heavy atom. The second-order valence-electron chi connectivity index (χ2n) is 5.54. The van der Waals surface area contributed by atoms with Gasteiger partial charge in [-0.2, -0.15) is 0 Å². The van der Waals surface area contributed by atoms with Crippen molar-refractivity contribution in [2.24, 2.45) is 0 Å². The van der Waals surface area contributed by atoms with Crippen LogP contribution in [-0.4, -0.2) is 5.97 Å². The minimum atomic E-state index is -0.355. The van der Waals surface area contributed by atoms with Crippen LogP contribution in [0.1, 0.15) is 46.8 Å². The molecule has 0 aliphatic heterocycles. The van der Waals surface area contributed by atoms with E-state index in [2.05, 4.69) is 13.8 Å². The van der Waals surface area contributed by atoms with Crippen molar-refractivity contribution in [1.29, 1.82) is 0 Å². The summed E-state index contributed by atoms with van der Waals surface area (Å²) < 4.78 is 5.42. The highest BCUT2D eigenvalue weighted by molar-refractivity contribution is 6.32. The first kappa shape index (κ1) is 15.6. The minimum absolute atomic E-state index is 0.355. The van der Waals surface area contributed by atoms with E-state index in [-0.39, 0.29) is 5.97 Å². The summed E-state index contributed by atoms with van der Waals surface area (Å²) in [5.74, 6) is 0.607. The Labute approximate surface area is 130 Å². The summed E-state index contributed by atoms with van der Waals surface area (Å²) in [6.45, 7) is 8.02. The molecule has 0 heterocycles. The molecule has 2 nitrogen and oxygen atoms in total. The van der Waals surface area contributed by atoms with Crippen LogP contribution in [0.4, 0.5) is 0 Å². The van der Waals surface area contributed by atoms with Gasteiger partial charge in [0.15, 0.2) is 0 Å². The number of carbonyl (C=O) groups is 1. The quantitative estimate of drug-likeness (QED) is 0.568. The number of carbonyl (C=O) groups excluding carboxylic acids is 1. The van der Waals surface area contributed by atoms with Crippen LogP contribution in [0.25, 0.3) is 0 Å². The average Bonchev–Trinajstić information content (AvgIpc) is 2.44. The van der Waals surface area contributed by atoms with E-state index in [1.807, 2.05) is 26.0 Å². The molecule has 0 bridgehead atoms. The Balaban J connectivity index is 2.18. The molecule has 21 heavy (non-hydrogen) atoms. The number of ether oxygens (including phenoxy) is 1. The fourth-order valence-electron chi connectivity index (χ4n) is 2.14. The Bertz CT molecular complexity index is 634. The second kappa shape index (κ2) is 6.31. The zero-order valence-electron chi connectivity index (χ0n) is 12.7. The van der Waals surface area contributed by atoms with Gasteiger partial charge in [-0.15, -0.1) is 0 Å². The van der Waals surface area contributed by atoms with Gasteiger partial charge in [0.05, 0.1) is 5.56 Å². The molecule has 2 aromatic carbocycles. The highest BCUT2D eigenvalue weighted by atomic mass is 35.5. The molecular formula is C18H19ClO2. The number of halogens is 1. The topological polar surface area (TPSA) is 26.3 Å². The molecule has 3 heteroatoms. The van der Waals surface area contributed by atoms with Crippen molar-refractivity contribution >= 4 is 17.6 Å². The normalized spacial score (nSPS) is 10.8. The van der Waals surface area contributed by atoms with E-state index in [0.717, 1.165) is 11.1 Å². The largest absolute Gasteiger partial charge is 0.423 e. The van der Waals surface area contributed by atoms with Crippen molar-refractivity contribution < 1.29 is 9.53 Å². The summed E-state index contributed by atoms with van der Waals surface area (Å²) in [5, 5.41) is 0.705. The number of rotatable bonds is 3. The number of aryl methyl sites for hydroxylation is 2. The fraction of sp³-hybridized carbons (Fsp3) is 0.278. The molecule has 0 saturated carbocycles. The third kappa shape index (κ3) is 3.64. The molecule has 0 aliphatic carbocycles. The molecule has 110 valence electrons. The van der Waals surface area contributed by atoms with Gasteiger partial charge in [-0.1, -0.05) is 37.6 Å². The highest BCUT2D eigenvalue weighted by Crippen LogP contribution is 2.26. The Morgan fingerprint density at radius 1 is 1.05 bits per heavy atom. The summed E-state index contributed by atoms with van der Waals surface area (Å²) in [7, 11) is 0. The van der Waals surface area contributed by atoms with E-state index < -0.39 is 0 Å². The van der Waals surface area contributed by atoms with E-state index in [1.54, 1.807) is 24.3 Å². The predicted octanol–water partition coefficient (Wildman–Crippen LogP) is 5.30. The summed E-state index contributed by atoms with van der Waals surface area (Å²) in [6.07, 6.45) is 0. The van der Waals surface area contributed by atoms with Crippen LogP contribution < -0.4 is 4.74 Å². The summed E-state index contributed by atoms with van der Waals surface area (Å²) in [6, 6.07) is 11.1. The Morgan fingerprint density at radius 3 is 2.05 bits per heavy atom. The van der Waals surface area contributed by atoms with Crippen molar-refractivity contribution in [3.63, 3.8) is 0 Å². The lowest BCUT2D eigenvalue weighted by Crippen LogP contribution is -2.09. The molecule has 0 aliphatic rings. The van der Waals surface area contributed by atoms with E-state index in [1.165, 1.54) is 5.56 Å². The lowest BCUT2D eigenvalue weighted by atomic mass is 10.0. The molecule has 0 atom stereocenters. The van der Waals surface area contributed by atoms with Crippen LogP contribution in [-0.2, 0) is 0 Å². The summed E-state index contributed by atoms with van der Waals surface area (Å²) >= 11 is 6.11. The molecule has 0 saturated heterocycles. The molecule has 0 aromatic heterocycles. The van der Waals surface area contributed by atoms with E-state index in [4.69, 9.17) is 16.3 Å². The van der Waals surface area contributed by atoms with Crippen LogP contribution in [0, 0.1) is 13.8 Å². The van der Waals surface area contributed by atoms with Gasteiger partial charge in [0.2, 0.25) is 0 Å². The van der Waals surface area contributed by atoms with E-state index >= 15 is 0 Å². The predicted molar refractivity (Wildman–Crippen MR) is 86.4 cm³/mol. The second-order valence-corrected chi connectivity index (χ2v) is 5.92. The van der Waals surface area contributed by atoms with Crippen LogP contribution in [0.3, 0.4) is 0 Å². The molecule has 0 fully saturated rings. The standard InChI is InChI=1S/C18H19ClO2/c1-11(2)14-5-7-15(8-6-14)18(20)21-16-9-12(3)17(19)13(4)10-16/h5-11H,1-4H3.